The van der Waals surface area contributed by atoms with Gasteiger partial charge in [0.1, 0.15) is 5.75 Å². The van der Waals surface area contributed by atoms with E-state index in [9.17, 15) is 9.59 Å². The second-order valence-corrected chi connectivity index (χ2v) is 12.1. The monoisotopic (exact) mass is 567 g/mol. The van der Waals surface area contributed by atoms with Crippen molar-refractivity contribution >= 4 is 17.5 Å². The third-order valence-electron chi connectivity index (χ3n) is 8.37. The first-order valence-electron chi connectivity index (χ1n) is 15.6. The van der Waals surface area contributed by atoms with Crippen LogP contribution >= 0.6 is 0 Å². The van der Waals surface area contributed by atoms with Crippen LogP contribution in [-0.4, -0.2) is 60.9 Å². The first-order valence-corrected chi connectivity index (χ1v) is 15.6. The molecule has 0 unspecified atom stereocenters. The van der Waals surface area contributed by atoms with Crippen molar-refractivity contribution in [2.45, 2.75) is 58.9 Å². The van der Waals surface area contributed by atoms with Crippen LogP contribution in [0.15, 0.2) is 72.8 Å². The zero-order valence-corrected chi connectivity index (χ0v) is 25.3. The molecule has 222 valence electrons. The zero-order valence-electron chi connectivity index (χ0n) is 25.3. The minimum atomic E-state index is -0.0240. The Hall–Kier alpha value is -3.64. The smallest absolute Gasteiger partial charge is 0.260 e. The molecule has 0 fully saturated rings. The summed E-state index contributed by atoms with van der Waals surface area (Å²) in [5.41, 5.74) is 5.50. The van der Waals surface area contributed by atoms with Gasteiger partial charge in [0.25, 0.3) is 5.91 Å². The van der Waals surface area contributed by atoms with Crippen LogP contribution in [0.4, 0.5) is 5.69 Å². The normalized spacial score (nSPS) is 16.4. The predicted molar refractivity (Wildman–Crippen MR) is 169 cm³/mol. The third-order valence-corrected chi connectivity index (χ3v) is 8.37. The molecule has 0 aromatic heterocycles. The molecular weight excluding hydrogens is 522 g/mol. The van der Waals surface area contributed by atoms with Gasteiger partial charge >= 0.3 is 0 Å². The Balaban J connectivity index is 1.38. The van der Waals surface area contributed by atoms with Crippen LogP contribution in [0.1, 0.15) is 55.4 Å². The fourth-order valence-corrected chi connectivity index (χ4v) is 6.29. The third kappa shape index (κ3) is 7.80. The number of fused-ring (bicyclic) bond motifs is 2. The lowest BCUT2D eigenvalue weighted by Gasteiger charge is -2.29. The van der Waals surface area contributed by atoms with Crippen molar-refractivity contribution < 1.29 is 14.3 Å². The molecule has 42 heavy (non-hydrogen) atoms. The lowest BCUT2D eigenvalue weighted by atomic mass is 9.91. The molecule has 0 bridgehead atoms. The molecule has 0 atom stereocenters. The van der Waals surface area contributed by atoms with Gasteiger partial charge in [-0.05, 0) is 79.0 Å². The van der Waals surface area contributed by atoms with Gasteiger partial charge in [0, 0.05) is 38.4 Å². The quantitative estimate of drug-likeness (QED) is 0.356. The highest BCUT2D eigenvalue weighted by Gasteiger charge is 2.25. The van der Waals surface area contributed by atoms with Crippen molar-refractivity contribution in [3.63, 3.8) is 0 Å². The van der Waals surface area contributed by atoms with E-state index in [-0.39, 0.29) is 18.4 Å². The minimum Gasteiger partial charge on any atom is -0.483 e. The number of anilines is 1. The number of carbonyl (C=O) groups is 2. The van der Waals surface area contributed by atoms with Crippen molar-refractivity contribution in [3.05, 3.63) is 95.1 Å². The van der Waals surface area contributed by atoms with Crippen molar-refractivity contribution in [2.24, 2.45) is 5.92 Å². The van der Waals surface area contributed by atoms with Gasteiger partial charge < -0.3 is 19.4 Å². The fraction of sp³-hybridized carbons (Fsp3) is 0.444. The lowest BCUT2D eigenvalue weighted by molar-refractivity contribution is -0.134. The topological polar surface area (TPSA) is 53.1 Å². The Bertz CT molecular complexity index is 1340. The molecular formula is C36H45N3O3. The van der Waals surface area contributed by atoms with Crippen LogP contribution in [-0.2, 0) is 35.4 Å². The molecule has 1 aliphatic heterocycles. The van der Waals surface area contributed by atoms with Gasteiger partial charge in [-0.25, -0.2) is 0 Å². The van der Waals surface area contributed by atoms with Crippen molar-refractivity contribution in [2.75, 3.05) is 44.2 Å². The first kappa shape index (κ1) is 29.8. The zero-order chi connectivity index (χ0) is 29.3. The highest BCUT2D eigenvalue weighted by Crippen LogP contribution is 2.30. The fourth-order valence-electron chi connectivity index (χ4n) is 6.29. The number of ether oxygens (including phenoxy) is 1. The van der Waals surface area contributed by atoms with Gasteiger partial charge in [0.15, 0.2) is 6.61 Å². The number of para-hydroxylation sites is 1. The van der Waals surface area contributed by atoms with E-state index in [2.05, 4.69) is 30.9 Å². The number of amides is 2. The number of benzene rings is 3. The maximum atomic E-state index is 13.8. The Labute approximate surface area is 251 Å². The standard InChI is InChI=1S/C36H45N3O3/c1-28(2)25-37-20-11-21-39(35(40)24-29-12-4-3-5-13-29)33-18-9-7-15-31(33)26-38(23-22-37)36(41)27-42-34-19-10-16-30-14-6-8-17-32(30)34/h3-5,7,9-10,12-13,15-16,18-19,28H,6,8,11,14,17,20-27H2,1-2H3. The summed E-state index contributed by atoms with van der Waals surface area (Å²) in [4.78, 5) is 33.8. The van der Waals surface area contributed by atoms with Crippen molar-refractivity contribution in [3.8, 4) is 5.75 Å². The van der Waals surface area contributed by atoms with Crippen LogP contribution in [0.3, 0.4) is 0 Å². The number of hydrogen-bond donors (Lipinski definition) is 0. The molecule has 3 aromatic rings. The molecule has 1 aliphatic carbocycles. The van der Waals surface area contributed by atoms with E-state index in [4.69, 9.17) is 4.74 Å². The van der Waals surface area contributed by atoms with E-state index in [0.29, 0.717) is 32.0 Å². The Morgan fingerprint density at radius 3 is 2.36 bits per heavy atom. The van der Waals surface area contributed by atoms with Gasteiger partial charge in [-0.3, -0.25) is 9.59 Å². The van der Waals surface area contributed by atoms with E-state index in [1.54, 1.807) is 0 Å². The maximum absolute atomic E-state index is 13.8. The SMILES string of the molecule is CC(C)CN1CCCN(C(=O)Cc2ccccc2)c2ccccc2CN(C(=O)COc2cccc3c2CCCC3)CC1. The van der Waals surface area contributed by atoms with Crippen LogP contribution in [0.2, 0.25) is 0 Å². The molecule has 6 heteroatoms. The highest BCUT2D eigenvalue weighted by molar-refractivity contribution is 5.95. The van der Waals surface area contributed by atoms with Gasteiger partial charge in [-0.1, -0.05) is 74.5 Å². The van der Waals surface area contributed by atoms with Crippen LogP contribution in [0, 0.1) is 5.92 Å². The molecule has 0 N–H and O–H groups in total. The summed E-state index contributed by atoms with van der Waals surface area (Å²) in [6.45, 7) is 8.81. The van der Waals surface area contributed by atoms with E-state index in [0.717, 1.165) is 67.9 Å². The van der Waals surface area contributed by atoms with Crippen LogP contribution in [0.5, 0.6) is 5.75 Å². The summed E-state index contributed by atoms with van der Waals surface area (Å²) < 4.78 is 6.21. The summed E-state index contributed by atoms with van der Waals surface area (Å²) in [6.07, 6.45) is 5.68. The number of carbonyl (C=O) groups excluding carboxylic acids is 2. The Morgan fingerprint density at radius 2 is 1.52 bits per heavy atom. The molecule has 0 saturated heterocycles. The van der Waals surface area contributed by atoms with Gasteiger partial charge in [0.2, 0.25) is 5.91 Å². The molecule has 3 aromatic carbocycles. The molecule has 0 spiro atoms. The molecule has 6 nitrogen and oxygen atoms in total. The number of nitrogens with zero attached hydrogens (tertiary/aromatic N) is 3. The van der Waals surface area contributed by atoms with Gasteiger partial charge in [-0.2, -0.15) is 0 Å². The van der Waals surface area contributed by atoms with E-state index in [1.807, 2.05) is 70.5 Å². The second-order valence-electron chi connectivity index (χ2n) is 12.1. The number of hydrogen-bond acceptors (Lipinski definition) is 4. The Morgan fingerprint density at radius 1 is 0.762 bits per heavy atom. The average Bonchev–Trinajstić information content (AvgIpc) is 3.03. The molecule has 0 radical (unpaired) electrons. The summed E-state index contributed by atoms with van der Waals surface area (Å²) >= 11 is 0. The maximum Gasteiger partial charge on any atom is 0.260 e. The molecule has 5 rings (SSSR count). The largest absolute Gasteiger partial charge is 0.483 e. The second kappa shape index (κ2) is 14.5. The van der Waals surface area contributed by atoms with Crippen molar-refractivity contribution in [1.29, 1.82) is 0 Å². The van der Waals surface area contributed by atoms with Gasteiger partial charge in [-0.15, -0.1) is 0 Å². The molecule has 2 aliphatic rings. The first-order chi connectivity index (χ1) is 20.5. The average molecular weight is 568 g/mol. The number of aryl methyl sites for hydroxylation is 1. The van der Waals surface area contributed by atoms with E-state index < -0.39 is 0 Å². The summed E-state index contributed by atoms with van der Waals surface area (Å²) in [5, 5.41) is 0. The van der Waals surface area contributed by atoms with Crippen LogP contribution in [0.25, 0.3) is 0 Å². The highest BCUT2D eigenvalue weighted by atomic mass is 16.5. The van der Waals surface area contributed by atoms with E-state index in [1.165, 1.54) is 17.5 Å². The molecule has 2 amide bonds. The Kier molecular flexibility index (Phi) is 10.3. The minimum absolute atomic E-state index is 0.0133. The summed E-state index contributed by atoms with van der Waals surface area (Å²) in [7, 11) is 0. The summed E-state index contributed by atoms with van der Waals surface area (Å²) in [5.74, 6) is 1.42. The van der Waals surface area contributed by atoms with Gasteiger partial charge in [0.05, 0.1) is 6.42 Å². The summed E-state index contributed by atoms with van der Waals surface area (Å²) in [6, 6.07) is 24.2. The van der Waals surface area contributed by atoms with E-state index >= 15 is 0 Å². The number of rotatable bonds is 7. The molecule has 0 saturated carbocycles. The lowest BCUT2D eigenvalue weighted by Crippen LogP contribution is -2.41. The molecule has 1 heterocycles. The predicted octanol–water partition coefficient (Wildman–Crippen LogP) is 5.91. The van der Waals surface area contributed by atoms with Crippen LogP contribution < -0.4 is 9.64 Å². The van der Waals surface area contributed by atoms with Crippen molar-refractivity contribution in [1.82, 2.24) is 9.80 Å².